The molecule has 0 bridgehead atoms. The first-order chi connectivity index (χ1) is 15.1. The van der Waals surface area contributed by atoms with Gasteiger partial charge in [-0.25, -0.2) is 4.98 Å². The molecule has 1 aliphatic rings. The number of hydrogen-bond acceptors (Lipinski definition) is 6. The summed E-state index contributed by atoms with van der Waals surface area (Å²) in [5, 5.41) is 5.72. The summed E-state index contributed by atoms with van der Waals surface area (Å²) >= 11 is 1.47. The van der Waals surface area contributed by atoms with Gasteiger partial charge in [0.1, 0.15) is 16.5 Å². The van der Waals surface area contributed by atoms with Crippen molar-refractivity contribution in [3.8, 4) is 16.3 Å². The molecule has 6 nitrogen and oxygen atoms in total. The first kappa shape index (κ1) is 21.5. The topological polar surface area (TPSA) is 63.7 Å². The van der Waals surface area contributed by atoms with Crippen molar-refractivity contribution in [2.45, 2.75) is 13.0 Å². The molecule has 0 aliphatic carbocycles. The van der Waals surface area contributed by atoms with E-state index in [1.54, 1.807) is 7.11 Å². The van der Waals surface area contributed by atoms with Gasteiger partial charge in [-0.15, -0.1) is 11.3 Å². The summed E-state index contributed by atoms with van der Waals surface area (Å²) in [6.07, 6.45) is 0. The highest BCUT2D eigenvalue weighted by Gasteiger charge is 2.24. The fourth-order valence-electron chi connectivity index (χ4n) is 3.66. The van der Waals surface area contributed by atoms with Gasteiger partial charge in [0, 0.05) is 30.6 Å². The number of rotatable bonds is 7. The van der Waals surface area contributed by atoms with Crippen LogP contribution in [0.1, 0.15) is 27.7 Å². The number of nitrogens with one attached hydrogen (secondary N) is 1. The van der Waals surface area contributed by atoms with Crippen LogP contribution < -0.4 is 10.1 Å². The van der Waals surface area contributed by atoms with Crippen LogP contribution in [0, 0.1) is 6.92 Å². The van der Waals surface area contributed by atoms with Crippen molar-refractivity contribution in [2.75, 3.05) is 40.0 Å². The summed E-state index contributed by atoms with van der Waals surface area (Å²) in [4.78, 5) is 19.7. The molecule has 1 aromatic heterocycles. The number of morpholine rings is 1. The van der Waals surface area contributed by atoms with Gasteiger partial charge in [0.05, 0.1) is 26.4 Å². The molecule has 0 unspecified atom stereocenters. The Morgan fingerprint density at radius 1 is 1.16 bits per heavy atom. The van der Waals surface area contributed by atoms with Crippen molar-refractivity contribution in [3.63, 3.8) is 0 Å². The molecule has 2 heterocycles. The van der Waals surface area contributed by atoms with E-state index >= 15 is 0 Å². The van der Waals surface area contributed by atoms with Gasteiger partial charge in [-0.2, -0.15) is 0 Å². The van der Waals surface area contributed by atoms with Crippen molar-refractivity contribution in [1.29, 1.82) is 0 Å². The van der Waals surface area contributed by atoms with Gasteiger partial charge in [-0.05, 0) is 36.8 Å². The lowest BCUT2D eigenvalue weighted by Crippen LogP contribution is -2.43. The molecular weight excluding hydrogens is 410 g/mol. The summed E-state index contributed by atoms with van der Waals surface area (Å²) in [6.45, 7) is 5.75. The lowest BCUT2D eigenvalue weighted by molar-refractivity contribution is 0.0162. The molecule has 162 valence electrons. The highest BCUT2D eigenvalue weighted by atomic mass is 32.1. The smallest absolute Gasteiger partial charge is 0.270 e. The number of carbonyl (C=O) groups is 1. The predicted molar refractivity (Wildman–Crippen MR) is 123 cm³/mol. The Bertz CT molecular complexity index is 996. The van der Waals surface area contributed by atoms with E-state index in [2.05, 4.69) is 46.4 Å². The number of hydrogen-bond donors (Lipinski definition) is 1. The molecule has 0 saturated carbocycles. The Morgan fingerprint density at radius 2 is 1.87 bits per heavy atom. The van der Waals surface area contributed by atoms with E-state index in [4.69, 9.17) is 9.47 Å². The van der Waals surface area contributed by atoms with Crippen LogP contribution in [-0.4, -0.2) is 55.7 Å². The third-order valence-corrected chi connectivity index (χ3v) is 6.37. The van der Waals surface area contributed by atoms with E-state index < -0.39 is 0 Å². The standard InChI is InChI=1S/C24H27N3O3S/c1-17-3-5-18(6-4-17)22(27-11-13-30-14-12-27)15-25-23(28)21-16-31-24(26-21)19-7-9-20(29-2)10-8-19/h3-10,16,22H,11-15H2,1-2H3,(H,25,28)/t22-/m1/s1. The molecule has 1 fully saturated rings. The number of ether oxygens (including phenoxy) is 2. The first-order valence-electron chi connectivity index (χ1n) is 10.4. The van der Waals surface area contributed by atoms with Gasteiger partial charge in [-0.3, -0.25) is 9.69 Å². The molecule has 4 rings (SSSR count). The zero-order valence-corrected chi connectivity index (χ0v) is 18.7. The zero-order chi connectivity index (χ0) is 21.6. The third kappa shape index (κ3) is 5.31. The summed E-state index contributed by atoms with van der Waals surface area (Å²) < 4.78 is 10.7. The fraction of sp³-hybridized carbons (Fsp3) is 0.333. The van der Waals surface area contributed by atoms with Gasteiger partial charge in [0.15, 0.2) is 0 Å². The third-order valence-electron chi connectivity index (χ3n) is 5.48. The molecule has 1 atom stereocenters. The van der Waals surface area contributed by atoms with E-state index in [0.717, 1.165) is 29.4 Å². The second-order valence-electron chi connectivity index (χ2n) is 7.55. The summed E-state index contributed by atoms with van der Waals surface area (Å²) in [5.74, 6) is 0.643. The molecule has 1 aliphatic heterocycles. The SMILES string of the molecule is COc1ccc(-c2nc(C(=O)NC[C@H](c3ccc(C)cc3)N3CCOCC3)cs2)cc1. The number of methoxy groups -OCH3 is 1. The van der Waals surface area contributed by atoms with E-state index in [1.807, 2.05) is 29.6 Å². The first-order valence-corrected chi connectivity index (χ1v) is 11.3. The molecule has 2 aromatic carbocycles. The van der Waals surface area contributed by atoms with Crippen molar-refractivity contribution >= 4 is 17.2 Å². The molecule has 0 radical (unpaired) electrons. The summed E-state index contributed by atoms with van der Waals surface area (Å²) in [7, 11) is 1.64. The average Bonchev–Trinajstić information content (AvgIpc) is 3.31. The molecule has 1 N–H and O–H groups in total. The molecule has 1 amide bonds. The number of benzene rings is 2. The van der Waals surface area contributed by atoms with Crippen LogP contribution in [0.5, 0.6) is 5.75 Å². The molecule has 0 spiro atoms. The van der Waals surface area contributed by atoms with Crippen molar-refractivity contribution in [2.24, 2.45) is 0 Å². The van der Waals surface area contributed by atoms with E-state index in [0.29, 0.717) is 25.5 Å². The zero-order valence-electron chi connectivity index (χ0n) is 17.8. The van der Waals surface area contributed by atoms with Crippen LogP contribution in [0.3, 0.4) is 0 Å². The van der Waals surface area contributed by atoms with Gasteiger partial charge in [-0.1, -0.05) is 29.8 Å². The van der Waals surface area contributed by atoms with Gasteiger partial charge in [0.2, 0.25) is 0 Å². The highest BCUT2D eigenvalue weighted by molar-refractivity contribution is 7.13. The largest absolute Gasteiger partial charge is 0.497 e. The number of nitrogens with zero attached hydrogens (tertiary/aromatic N) is 2. The fourth-order valence-corrected chi connectivity index (χ4v) is 4.47. The van der Waals surface area contributed by atoms with Crippen molar-refractivity contribution in [1.82, 2.24) is 15.2 Å². The van der Waals surface area contributed by atoms with Crippen LogP contribution in [0.2, 0.25) is 0 Å². The number of aryl methyl sites for hydroxylation is 1. The highest BCUT2D eigenvalue weighted by Crippen LogP contribution is 2.26. The minimum Gasteiger partial charge on any atom is -0.497 e. The Hall–Kier alpha value is -2.74. The van der Waals surface area contributed by atoms with Crippen LogP contribution in [0.25, 0.3) is 10.6 Å². The second kappa shape index (κ2) is 10.0. The van der Waals surface area contributed by atoms with E-state index in [9.17, 15) is 4.79 Å². The Labute approximate surface area is 186 Å². The molecular formula is C24H27N3O3S. The lowest BCUT2D eigenvalue weighted by atomic mass is 10.0. The number of aromatic nitrogens is 1. The van der Waals surface area contributed by atoms with Crippen molar-refractivity contribution in [3.05, 3.63) is 70.7 Å². The maximum atomic E-state index is 12.8. The average molecular weight is 438 g/mol. The normalized spacial score (nSPS) is 15.4. The van der Waals surface area contributed by atoms with E-state index in [-0.39, 0.29) is 11.9 Å². The predicted octanol–water partition coefficient (Wildman–Crippen LogP) is 3.93. The minimum absolute atomic E-state index is 0.105. The van der Waals surface area contributed by atoms with Crippen LogP contribution in [0.15, 0.2) is 53.9 Å². The lowest BCUT2D eigenvalue weighted by Gasteiger charge is -2.35. The maximum absolute atomic E-state index is 12.8. The number of thiazole rings is 1. The minimum atomic E-state index is -0.151. The molecule has 7 heteroatoms. The summed E-state index contributed by atoms with van der Waals surface area (Å²) in [6, 6.07) is 16.3. The Balaban J connectivity index is 1.44. The molecule has 31 heavy (non-hydrogen) atoms. The Kier molecular flexibility index (Phi) is 6.96. The summed E-state index contributed by atoms with van der Waals surface area (Å²) in [5.41, 5.74) is 3.84. The van der Waals surface area contributed by atoms with Crippen LogP contribution in [-0.2, 0) is 4.74 Å². The van der Waals surface area contributed by atoms with Crippen molar-refractivity contribution < 1.29 is 14.3 Å². The van der Waals surface area contributed by atoms with E-state index in [1.165, 1.54) is 22.5 Å². The van der Waals surface area contributed by atoms with Gasteiger partial charge >= 0.3 is 0 Å². The van der Waals surface area contributed by atoms with Gasteiger partial charge < -0.3 is 14.8 Å². The van der Waals surface area contributed by atoms with Crippen LogP contribution >= 0.6 is 11.3 Å². The number of carbonyl (C=O) groups excluding carboxylic acids is 1. The monoisotopic (exact) mass is 437 g/mol. The Morgan fingerprint density at radius 3 is 2.55 bits per heavy atom. The van der Waals surface area contributed by atoms with Crippen LogP contribution in [0.4, 0.5) is 0 Å². The molecule has 1 saturated heterocycles. The number of amides is 1. The maximum Gasteiger partial charge on any atom is 0.270 e. The second-order valence-corrected chi connectivity index (χ2v) is 8.41. The molecule has 3 aromatic rings. The van der Waals surface area contributed by atoms with Gasteiger partial charge in [0.25, 0.3) is 5.91 Å². The quantitative estimate of drug-likeness (QED) is 0.607.